The summed E-state index contributed by atoms with van der Waals surface area (Å²) in [6.45, 7) is 4.79. The molecule has 2 atom stereocenters. The van der Waals surface area contributed by atoms with Crippen LogP contribution in [-0.2, 0) is 15.8 Å². The van der Waals surface area contributed by atoms with Crippen LogP contribution in [0.25, 0.3) is 22.2 Å². The number of nitrogens with one attached hydrogen (secondary N) is 1. The number of ether oxygens (including phenoxy) is 2. The lowest BCUT2D eigenvalue weighted by atomic mass is 9.79. The van der Waals surface area contributed by atoms with Gasteiger partial charge in [0.25, 0.3) is 5.91 Å². The number of pyridine rings is 2. The number of rotatable bonds is 8. The number of halogens is 3. The smallest absolute Gasteiger partial charge is 0.251 e. The molecule has 1 saturated carbocycles. The van der Waals surface area contributed by atoms with E-state index >= 15 is 0 Å². The van der Waals surface area contributed by atoms with Crippen LogP contribution in [-0.4, -0.2) is 47.0 Å². The van der Waals surface area contributed by atoms with Crippen molar-refractivity contribution in [2.75, 3.05) is 20.3 Å². The minimum atomic E-state index is -1.66. The molecule has 6 rings (SSSR count). The largest absolute Gasteiger partial charge is 0.494 e. The third kappa shape index (κ3) is 4.86. The summed E-state index contributed by atoms with van der Waals surface area (Å²) < 4.78 is 40.0. The van der Waals surface area contributed by atoms with Crippen LogP contribution in [0.4, 0.5) is 8.78 Å². The lowest BCUT2D eigenvalue weighted by molar-refractivity contribution is -0.122. The molecule has 0 bridgehead atoms. The van der Waals surface area contributed by atoms with Gasteiger partial charge in [-0.1, -0.05) is 17.7 Å². The molecule has 44 heavy (non-hydrogen) atoms. The molecular weight excluding hydrogens is 592 g/mol. The Labute approximate surface area is 257 Å². The Bertz CT molecular complexity index is 1860. The number of aryl methyl sites for hydroxylation is 1. The number of benzene rings is 2. The van der Waals surface area contributed by atoms with Crippen molar-refractivity contribution in [1.82, 2.24) is 15.3 Å². The summed E-state index contributed by atoms with van der Waals surface area (Å²) in [5.41, 5.74) is -0.295. The molecule has 4 aromatic rings. The quantitative estimate of drug-likeness (QED) is 0.239. The fraction of sp³-hybridized carbons (Fsp3) is 0.333. The molecule has 1 amide bonds. The molecule has 2 aromatic heterocycles. The van der Waals surface area contributed by atoms with Gasteiger partial charge >= 0.3 is 0 Å². The Morgan fingerprint density at radius 1 is 1.18 bits per heavy atom. The molecule has 3 heterocycles. The van der Waals surface area contributed by atoms with Gasteiger partial charge in [0.05, 0.1) is 29.8 Å². The summed E-state index contributed by atoms with van der Waals surface area (Å²) in [6.07, 6.45) is 1.34. The standard InChI is InChI=1S/C33H30ClF2N3O5/c1-16-5-6-18-11-19(12-24(43-4)28(18)38-16)31(41)37-14-33(42,20-7-8-20)25-13-22-30(44-15-32(22,3)17(2)40)29(39-25)21-9-10-23(35)27(36)26(21)34/h5-6,9-13,20,42H,7-8,14-15H2,1-4H3,(H,37,41)/t32-,33?/m1/s1. The van der Waals surface area contributed by atoms with Gasteiger partial charge in [-0.25, -0.2) is 18.7 Å². The summed E-state index contributed by atoms with van der Waals surface area (Å²) in [7, 11) is 1.50. The first-order valence-corrected chi connectivity index (χ1v) is 14.5. The maximum Gasteiger partial charge on any atom is 0.251 e. The number of hydrogen-bond donors (Lipinski definition) is 2. The molecule has 228 valence electrons. The summed E-state index contributed by atoms with van der Waals surface area (Å²) in [4.78, 5) is 35.5. The molecular formula is C33H30ClF2N3O5. The summed E-state index contributed by atoms with van der Waals surface area (Å²) in [5, 5.41) is 15.3. The molecule has 1 aliphatic carbocycles. The average Bonchev–Trinajstić information content (AvgIpc) is 3.81. The Kier molecular flexibility index (Phi) is 7.33. The third-order valence-corrected chi connectivity index (χ3v) is 9.10. The van der Waals surface area contributed by atoms with E-state index in [4.69, 9.17) is 26.1 Å². The summed E-state index contributed by atoms with van der Waals surface area (Å²) >= 11 is 6.24. The zero-order valence-electron chi connectivity index (χ0n) is 24.6. The third-order valence-electron chi connectivity index (χ3n) is 8.73. The van der Waals surface area contributed by atoms with E-state index in [1.165, 1.54) is 20.1 Å². The van der Waals surface area contributed by atoms with Crippen LogP contribution in [0.5, 0.6) is 11.5 Å². The van der Waals surface area contributed by atoms with Gasteiger partial charge in [-0.3, -0.25) is 9.59 Å². The molecule has 1 unspecified atom stereocenters. The van der Waals surface area contributed by atoms with Crippen LogP contribution in [0.3, 0.4) is 0 Å². The first-order valence-electron chi connectivity index (χ1n) is 14.2. The van der Waals surface area contributed by atoms with E-state index in [1.807, 2.05) is 19.1 Å². The number of aromatic nitrogens is 2. The maximum atomic E-state index is 14.6. The molecule has 2 aromatic carbocycles. The SMILES string of the molecule is COc1cc(C(=O)NCC(O)(c2cc3c(c(-c4ccc(F)c(F)c4Cl)n2)OC[C@]3(C)C(C)=O)C2CC2)cc2ccc(C)nc12. The number of hydrogen-bond acceptors (Lipinski definition) is 7. The topological polar surface area (TPSA) is 111 Å². The van der Waals surface area contributed by atoms with Crippen molar-refractivity contribution in [3.05, 3.63) is 81.6 Å². The molecule has 2 N–H and O–H groups in total. The van der Waals surface area contributed by atoms with E-state index < -0.39 is 33.6 Å². The van der Waals surface area contributed by atoms with E-state index in [2.05, 4.69) is 10.3 Å². The highest BCUT2D eigenvalue weighted by Gasteiger charge is 2.50. The van der Waals surface area contributed by atoms with Crippen molar-refractivity contribution in [1.29, 1.82) is 0 Å². The van der Waals surface area contributed by atoms with Crippen molar-refractivity contribution in [3.63, 3.8) is 0 Å². The molecule has 0 spiro atoms. The van der Waals surface area contributed by atoms with E-state index in [-0.39, 0.29) is 47.6 Å². The van der Waals surface area contributed by atoms with Crippen LogP contribution >= 0.6 is 11.6 Å². The fourth-order valence-electron chi connectivity index (χ4n) is 5.70. The molecule has 0 radical (unpaired) electrons. The lowest BCUT2D eigenvalue weighted by Gasteiger charge is -2.30. The van der Waals surface area contributed by atoms with Gasteiger partial charge in [0, 0.05) is 27.8 Å². The lowest BCUT2D eigenvalue weighted by Crippen LogP contribution is -2.43. The number of Topliss-reactive ketones (excluding diaryl/α,β-unsaturated/α-hetero) is 1. The van der Waals surface area contributed by atoms with Crippen LogP contribution in [0, 0.1) is 24.5 Å². The number of fused-ring (bicyclic) bond motifs is 2. The summed E-state index contributed by atoms with van der Waals surface area (Å²) in [6, 6.07) is 10.8. The Morgan fingerprint density at radius 2 is 1.93 bits per heavy atom. The first kappa shape index (κ1) is 29.9. The van der Waals surface area contributed by atoms with Crippen molar-refractivity contribution in [3.8, 4) is 22.8 Å². The van der Waals surface area contributed by atoms with Crippen LogP contribution < -0.4 is 14.8 Å². The average molecular weight is 622 g/mol. The Balaban J connectivity index is 1.42. The molecule has 0 saturated heterocycles. The minimum Gasteiger partial charge on any atom is -0.494 e. The number of ketones is 1. The van der Waals surface area contributed by atoms with Gasteiger partial charge in [-0.15, -0.1) is 0 Å². The normalized spacial score (nSPS) is 18.8. The van der Waals surface area contributed by atoms with Crippen LogP contribution in [0.2, 0.25) is 5.02 Å². The van der Waals surface area contributed by atoms with Gasteiger partial charge < -0.3 is 19.9 Å². The van der Waals surface area contributed by atoms with Crippen molar-refractivity contribution in [2.24, 2.45) is 5.92 Å². The molecule has 1 fully saturated rings. The first-order chi connectivity index (χ1) is 20.9. The van der Waals surface area contributed by atoms with Crippen LogP contribution in [0.1, 0.15) is 54.0 Å². The van der Waals surface area contributed by atoms with Gasteiger partial charge in [-0.05, 0) is 75.9 Å². The highest BCUT2D eigenvalue weighted by Crippen LogP contribution is 2.51. The fourth-order valence-corrected chi connectivity index (χ4v) is 5.94. The second-order valence-electron chi connectivity index (χ2n) is 11.7. The highest BCUT2D eigenvalue weighted by atomic mass is 35.5. The van der Waals surface area contributed by atoms with E-state index in [1.54, 1.807) is 25.1 Å². The van der Waals surface area contributed by atoms with E-state index in [0.29, 0.717) is 35.2 Å². The van der Waals surface area contributed by atoms with Gasteiger partial charge in [-0.2, -0.15) is 0 Å². The van der Waals surface area contributed by atoms with Crippen molar-refractivity contribution >= 4 is 34.2 Å². The van der Waals surface area contributed by atoms with Gasteiger partial charge in [0.2, 0.25) is 0 Å². The molecule has 1 aliphatic heterocycles. The second-order valence-corrected chi connectivity index (χ2v) is 12.1. The number of amides is 1. The van der Waals surface area contributed by atoms with Gasteiger partial charge in [0.1, 0.15) is 40.7 Å². The zero-order valence-corrected chi connectivity index (χ0v) is 25.3. The number of carbonyl (C=O) groups is 2. The number of aliphatic hydroxyl groups is 1. The molecule has 8 nitrogen and oxygen atoms in total. The Morgan fingerprint density at radius 3 is 2.61 bits per heavy atom. The van der Waals surface area contributed by atoms with E-state index in [9.17, 15) is 23.5 Å². The molecule has 11 heteroatoms. The van der Waals surface area contributed by atoms with Gasteiger partial charge in [0.15, 0.2) is 11.6 Å². The number of carbonyl (C=O) groups excluding carboxylic acids is 2. The predicted molar refractivity (Wildman–Crippen MR) is 160 cm³/mol. The highest BCUT2D eigenvalue weighted by molar-refractivity contribution is 6.33. The molecule has 2 aliphatic rings. The maximum absolute atomic E-state index is 14.6. The zero-order chi connectivity index (χ0) is 31.6. The summed E-state index contributed by atoms with van der Waals surface area (Å²) in [5.74, 6) is -2.64. The van der Waals surface area contributed by atoms with Crippen molar-refractivity contribution < 1.29 is 33.0 Å². The number of methoxy groups -OCH3 is 1. The van der Waals surface area contributed by atoms with E-state index in [0.717, 1.165) is 17.1 Å². The number of nitrogens with zero attached hydrogens (tertiary/aromatic N) is 2. The van der Waals surface area contributed by atoms with Crippen LogP contribution in [0.15, 0.2) is 42.5 Å². The predicted octanol–water partition coefficient (Wildman–Crippen LogP) is 5.81. The monoisotopic (exact) mass is 621 g/mol. The minimum absolute atomic E-state index is 0.00608. The van der Waals surface area contributed by atoms with Crippen molar-refractivity contribution in [2.45, 2.75) is 44.6 Å². The Hall–Kier alpha value is -4.15. The second kappa shape index (κ2) is 10.8.